The fourth-order valence-corrected chi connectivity index (χ4v) is 5.11. The molecule has 2 aliphatic heterocycles. The van der Waals surface area contributed by atoms with Crippen LogP contribution in [-0.4, -0.2) is 27.9 Å². The fraction of sp³-hybridized carbons (Fsp3) is 0.286. The minimum Gasteiger partial charge on any atom is -0.368 e. The molecule has 0 radical (unpaired) electrons. The lowest BCUT2D eigenvalue weighted by Crippen LogP contribution is -2.28. The number of rotatable bonds is 8. The number of hydrogen-bond acceptors (Lipinski definition) is 3. The van der Waals surface area contributed by atoms with Crippen molar-refractivity contribution in [2.75, 3.05) is 13.1 Å². The van der Waals surface area contributed by atoms with E-state index < -0.39 is 0 Å². The summed E-state index contributed by atoms with van der Waals surface area (Å²) in [6, 6.07) is 12.5. The number of aromatic nitrogens is 1. The molecule has 4 rings (SSSR count). The summed E-state index contributed by atoms with van der Waals surface area (Å²) in [7, 11) is 0. The van der Waals surface area contributed by atoms with E-state index in [0.717, 1.165) is 64.2 Å². The zero-order valence-electron chi connectivity index (χ0n) is 24.0. The van der Waals surface area contributed by atoms with Crippen molar-refractivity contribution in [3.63, 3.8) is 0 Å². The van der Waals surface area contributed by atoms with Crippen molar-refractivity contribution >= 4 is 0 Å². The van der Waals surface area contributed by atoms with Crippen molar-refractivity contribution in [2.45, 2.75) is 47.1 Å². The van der Waals surface area contributed by atoms with Gasteiger partial charge >= 0.3 is 0 Å². The Hall–Kier alpha value is -3.92. The molecule has 1 saturated heterocycles. The van der Waals surface area contributed by atoms with E-state index in [0.29, 0.717) is 24.6 Å². The second kappa shape index (κ2) is 13.7. The Balaban J connectivity index is 0.00000205. The van der Waals surface area contributed by atoms with Gasteiger partial charge in [-0.25, -0.2) is 4.39 Å². The lowest BCUT2D eigenvalue weighted by molar-refractivity contribution is 0.389. The molecule has 3 heterocycles. The molecular formula is C35H42FN3. The van der Waals surface area contributed by atoms with E-state index in [9.17, 15) is 0 Å². The lowest BCUT2D eigenvalue weighted by atomic mass is 9.91. The summed E-state index contributed by atoms with van der Waals surface area (Å²) in [5.41, 5.74) is 8.72. The molecule has 39 heavy (non-hydrogen) atoms. The number of pyridine rings is 1. The van der Waals surface area contributed by atoms with Crippen LogP contribution in [0.2, 0.25) is 0 Å². The minimum atomic E-state index is -0.321. The Kier molecular flexibility index (Phi) is 10.4. The second-order valence-electron chi connectivity index (χ2n) is 9.97. The SMILES string of the molecule is C=C/C(F)=C(\C(C=C)=C1/CC(=C)C(C(=C)C)=CN1Cc1ccc(-c2ccncc2)cc1)N1CCC(C)C1.CC. The third kappa shape index (κ3) is 6.94. The van der Waals surface area contributed by atoms with Gasteiger partial charge in [-0.2, -0.15) is 0 Å². The molecule has 0 spiro atoms. The van der Waals surface area contributed by atoms with Crippen LogP contribution < -0.4 is 0 Å². The van der Waals surface area contributed by atoms with Crippen molar-refractivity contribution in [1.29, 1.82) is 0 Å². The van der Waals surface area contributed by atoms with Gasteiger partial charge in [-0.3, -0.25) is 4.98 Å². The summed E-state index contributed by atoms with van der Waals surface area (Å²) < 4.78 is 15.4. The third-order valence-electron chi connectivity index (χ3n) is 7.09. The van der Waals surface area contributed by atoms with Gasteiger partial charge in [0.2, 0.25) is 0 Å². The number of hydrogen-bond donors (Lipinski definition) is 0. The van der Waals surface area contributed by atoms with Crippen LogP contribution in [-0.2, 0) is 6.54 Å². The highest BCUT2D eigenvalue weighted by molar-refractivity contribution is 5.63. The Bertz CT molecular complexity index is 1300. The van der Waals surface area contributed by atoms with Gasteiger partial charge in [-0.15, -0.1) is 0 Å². The molecule has 0 aliphatic carbocycles. The van der Waals surface area contributed by atoms with Crippen LogP contribution in [0.25, 0.3) is 11.1 Å². The first kappa shape index (κ1) is 29.6. The third-order valence-corrected chi connectivity index (χ3v) is 7.09. The van der Waals surface area contributed by atoms with Crippen LogP contribution >= 0.6 is 0 Å². The number of allylic oxidation sites excluding steroid dienone is 6. The number of nitrogens with zero attached hydrogens (tertiary/aromatic N) is 3. The highest BCUT2D eigenvalue weighted by Gasteiger charge is 2.29. The van der Waals surface area contributed by atoms with Gasteiger partial charge in [0.15, 0.2) is 0 Å². The maximum Gasteiger partial charge on any atom is 0.146 e. The lowest BCUT2D eigenvalue weighted by Gasteiger charge is -2.35. The molecule has 1 unspecified atom stereocenters. The molecule has 2 aromatic rings. The van der Waals surface area contributed by atoms with E-state index in [1.54, 1.807) is 18.5 Å². The second-order valence-corrected chi connectivity index (χ2v) is 9.97. The van der Waals surface area contributed by atoms with Crippen molar-refractivity contribution in [3.8, 4) is 11.1 Å². The maximum absolute atomic E-state index is 15.4. The molecule has 0 saturated carbocycles. The van der Waals surface area contributed by atoms with Gasteiger partial charge < -0.3 is 9.80 Å². The summed E-state index contributed by atoms with van der Waals surface area (Å²) in [5, 5.41) is 0. The minimum absolute atomic E-state index is 0.321. The maximum atomic E-state index is 15.4. The van der Waals surface area contributed by atoms with Gasteiger partial charge in [0.1, 0.15) is 5.83 Å². The van der Waals surface area contributed by atoms with Crippen molar-refractivity contribution in [1.82, 2.24) is 14.8 Å². The molecule has 0 bridgehead atoms. The quantitative estimate of drug-likeness (QED) is 0.322. The summed E-state index contributed by atoms with van der Waals surface area (Å²) in [6.45, 7) is 26.8. The summed E-state index contributed by atoms with van der Waals surface area (Å²) in [5.74, 6) is 0.188. The normalized spacial score (nSPS) is 18.9. The fourth-order valence-electron chi connectivity index (χ4n) is 5.11. The zero-order chi connectivity index (χ0) is 28.5. The first-order valence-electron chi connectivity index (χ1n) is 13.8. The number of likely N-dealkylation sites (tertiary alicyclic amines) is 1. The van der Waals surface area contributed by atoms with Crippen LogP contribution in [0.5, 0.6) is 0 Å². The van der Waals surface area contributed by atoms with E-state index in [1.165, 1.54) is 6.08 Å². The number of benzene rings is 1. The van der Waals surface area contributed by atoms with E-state index >= 15 is 4.39 Å². The van der Waals surface area contributed by atoms with Gasteiger partial charge in [0.05, 0.1) is 5.70 Å². The van der Waals surface area contributed by atoms with Crippen LogP contribution in [0.1, 0.15) is 46.1 Å². The van der Waals surface area contributed by atoms with Crippen LogP contribution in [0.4, 0.5) is 4.39 Å². The molecule has 4 heteroatoms. The monoisotopic (exact) mass is 523 g/mol. The van der Waals surface area contributed by atoms with E-state index in [2.05, 4.69) is 78.5 Å². The van der Waals surface area contributed by atoms with E-state index in [-0.39, 0.29) is 5.83 Å². The molecule has 3 nitrogen and oxygen atoms in total. The molecule has 204 valence electrons. The molecule has 0 amide bonds. The summed E-state index contributed by atoms with van der Waals surface area (Å²) in [4.78, 5) is 8.45. The smallest absolute Gasteiger partial charge is 0.146 e. The average molecular weight is 524 g/mol. The van der Waals surface area contributed by atoms with Gasteiger partial charge in [-0.05, 0) is 70.9 Å². The first-order chi connectivity index (χ1) is 18.8. The van der Waals surface area contributed by atoms with Crippen LogP contribution in [0.3, 0.4) is 0 Å². The molecule has 1 aromatic carbocycles. The summed E-state index contributed by atoms with van der Waals surface area (Å²) in [6.07, 6.45) is 10.4. The van der Waals surface area contributed by atoms with Crippen LogP contribution in [0.15, 0.2) is 133 Å². The van der Waals surface area contributed by atoms with Crippen molar-refractivity contribution in [2.24, 2.45) is 5.92 Å². The Labute approximate surface area is 234 Å². The van der Waals surface area contributed by atoms with Crippen molar-refractivity contribution < 1.29 is 4.39 Å². The molecule has 1 atom stereocenters. The Morgan fingerprint density at radius 3 is 2.23 bits per heavy atom. The van der Waals surface area contributed by atoms with E-state index in [1.807, 2.05) is 32.9 Å². The van der Waals surface area contributed by atoms with Crippen LogP contribution in [0, 0.1) is 5.92 Å². The van der Waals surface area contributed by atoms with Gasteiger partial charge in [0.25, 0.3) is 0 Å². The first-order valence-corrected chi connectivity index (χ1v) is 13.8. The summed E-state index contributed by atoms with van der Waals surface area (Å²) >= 11 is 0. The molecular weight excluding hydrogens is 481 g/mol. The van der Waals surface area contributed by atoms with Crippen molar-refractivity contribution in [3.05, 3.63) is 139 Å². The molecule has 2 aliphatic rings. The highest BCUT2D eigenvalue weighted by atomic mass is 19.1. The van der Waals surface area contributed by atoms with Gasteiger partial charge in [-0.1, -0.05) is 77.4 Å². The highest BCUT2D eigenvalue weighted by Crippen LogP contribution is 2.38. The molecule has 0 N–H and O–H groups in total. The topological polar surface area (TPSA) is 19.4 Å². The Morgan fingerprint density at radius 1 is 1.05 bits per heavy atom. The number of halogens is 1. The standard InChI is InChI=1S/C33H36FN3.C2H6/c1-7-29(33(31(34)8-2)36-18-15-24(5)20-36)32-19-25(6)30(23(3)4)22-37(32)21-26-9-11-27(12-10-26)28-13-16-35-17-14-28;1-2/h7-14,16-17,22,24H,1-3,6,15,18-21H2,4-5H3;1-2H3/b32-29+,33-31-;. The average Bonchev–Trinajstić information content (AvgIpc) is 3.39. The largest absolute Gasteiger partial charge is 0.368 e. The van der Waals surface area contributed by atoms with E-state index in [4.69, 9.17) is 0 Å². The zero-order valence-corrected chi connectivity index (χ0v) is 24.0. The molecule has 1 aromatic heterocycles. The van der Waals surface area contributed by atoms with Gasteiger partial charge in [0, 0.05) is 55.9 Å². The predicted molar refractivity (Wildman–Crippen MR) is 164 cm³/mol. The predicted octanol–water partition coefficient (Wildman–Crippen LogP) is 9.15. The Morgan fingerprint density at radius 2 is 1.69 bits per heavy atom. The molecule has 1 fully saturated rings.